The normalized spacial score (nSPS) is 28.3. The molecule has 5 nitrogen and oxygen atoms in total. The molecule has 0 spiro atoms. The van der Waals surface area contributed by atoms with Crippen molar-refractivity contribution in [3.63, 3.8) is 0 Å². The molecule has 3 fully saturated rings. The molecule has 0 radical (unpaired) electrons. The number of nitrogens with zero attached hydrogens (tertiary/aromatic N) is 1. The summed E-state index contributed by atoms with van der Waals surface area (Å²) in [7, 11) is -3.14. The van der Waals surface area contributed by atoms with Crippen molar-refractivity contribution in [2.45, 2.75) is 57.1 Å². The lowest BCUT2D eigenvalue weighted by atomic mass is 10.1. The average molecular weight is 353 g/mol. The molecule has 1 atom stereocenters. The standard InChI is InChI=1S/C15H28N2O3S.ClH/c18-21(19,12-15-3-1-2-10-20-15)17-8-6-14(7-9-17)16-11-13-4-5-13;/h13-16H,1-12H2;1H. The van der Waals surface area contributed by atoms with E-state index in [-0.39, 0.29) is 24.3 Å². The summed E-state index contributed by atoms with van der Waals surface area (Å²) in [5.41, 5.74) is 0. The number of sulfonamides is 1. The van der Waals surface area contributed by atoms with Gasteiger partial charge in [0.25, 0.3) is 0 Å². The zero-order chi connectivity index (χ0) is 14.7. The van der Waals surface area contributed by atoms with Crippen molar-refractivity contribution in [2.75, 3.05) is 32.0 Å². The Kier molecular flexibility index (Phi) is 6.95. The highest BCUT2D eigenvalue weighted by molar-refractivity contribution is 7.89. The Balaban J connectivity index is 0.00000176. The van der Waals surface area contributed by atoms with E-state index in [1.165, 1.54) is 12.8 Å². The molecule has 130 valence electrons. The number of ether oxygens (including phenoxy) is 1. The molecule has 7 heteroatoms. The Morgan fingerprint density at radius 2 is 1.77 bits per heavy atom. The van der Waals surface area contributed by atoms with Crippen LogP contribution in [0.25, 0.3) is 0 Å². The average Bonchev–Trinajstić information content (AvgIpc) is 3.30. The molecule has 0 amide bonds. The van der Waals surface area contributed by atoms with Crippen molar-refractivity contribution >= 4 is 22.4 Å². The number of hydrogen-bond acceptors (Lipinski definition) is 4. The molecule has 1 saturated carbocycles. The van der Waals surface area contributed by atoms with Crippen molar-refractivity contribution in [3.05, 3.63) is 0 Å². The second-order valence-corrected chi connectivity index (χ2v) is 8.81. The summed E-state index contributed by atoms with van der Waals surface area (Å²) in [5, 5.41) is 3.59. The molecule has 2 aliphatic heterocycles. The van der Waals surface area contributed by atoms with Gasteiger partial charge in [0, 0.05) is 25.7 Å². The van der Waals surface area contributed by atoms with Gasteiger partial charge >= 0.3 is 0 Å². The third kappa shape index (κ3) is 5.34. The minimum absolute atomic E-state index is 0. The lowest BCUT2D eigenvalue weighted by Gasteiger charge is -2.33. The van der Waals surface area contributed by atoms with E-state index in [0.29, 0.717) is 25.7 Å². The van der Waals surface area contributed by atoms with Crippen LogP contribution >= 0.6 is 12.4 Å². The molecule has 0 aromatic carbocycles. The minimum Gasteiger partial charge on any atom is -0.377 e. The van der Waals surface area contributed by atoms with Gasteiger partial charge in [-0.3, -0.25) is 0 Å². The van der Waals surface area contributed by atoms with Crippen molar-refractivity contribution in [3.8, 4) is 0 Å². The van der Waals surface area contributed by atoms with Gasteiger partial charge < -0.3 is 10.1 Å². The molecule has 3 rings (SSSR count). The molecule has 22 heavy (non-hydrogen) atoms. The van der Waals surface area contributed by atoms with Gasteiger partial charge in [-0.1, -0.05) is 0 Å². The van der Waals surface area contributed by atoms with Gasteiger partial charge in [0.05, 0.1) is 11.9 Å². The van der Waals surface area contributed by atoms with Crippen molar-refractivity contribution in [2.24, 2.45) is 5.92 Å². The predicted molar refractivity (Wildman–Crippen MR) is 89.9 cm³/mol. The van der Waals surface area contributed by atoms with E-state index in [2.05, 4.69) is 5.32 Å². The number of nitrogens with one attached hydrogen (secondary N) is 1. The summed E-state index contributed by atoms with van der Waals surface area (Å²) >= 11 is 0. The monoisotopic (exact) mass is 352 g/mol. The summed E-state index contributed by atoms with van der Waals surface area (Å²) in [4.78, 5) is 0. The van der Waals surface area contributed by atoms with Crippen LogP contribution < -0.4 is 5.32 Å². The lowest BCUT2D eigenvalue weighted by molar-refractivity contribution is 0.0298. The van der Waals surface area contributed by atoms with E-state index >= 15 is 0 Å². The van der Waals surface area contributed by atoms with Crippen molar-refractivity contribution in [1.82, 2.24) is 9.62 Å². The molecular formula is C15H29ClN2O3S. The predicted octanol–water partition coefficient (Wildman–Crippen LogP) is 1.77. The number of piperidine rings is 1. The molecule has 1 N–H and O–H groups in total. The van der Waals surface area contributed by atoms with Gasteiger partial charge in [-0.15, -0.1) is 12.4 Å². The second-order valence-electron chi connectivity index (χ2n) is 6.79. The lowest BCUT2D eigenvalue weighted by Crippen LogP contribution is -2.47. The summed E-state index contributed by atoms with van der Waals surface area (Å²) < 4.78 is 32.2. The van der Waals surface area contributed by atoms with E-state index in [4.69, 9.17) is 4.74 Å². The van der Waals surface area contributed by atoms with E-state index in [9.17, 15) is 8.42 Å². The first kappa shape index (κ1) is 18.5. The smallest absolute Gasteiger partial charge is 0.216 e. The van der Waals surface area contributed by atoms with Crippen LogP contribution in [-0.4, -0.2) is 56.9 Å². The molecule has 0 bridgehead atoms. The van der Waals surface area contributed by atoms with Crippen molar-refractivity contribution in [1.29, 1.82) is 0 Å². The van der Waals surface area contributed by atoms with Crippen LogP contribution in [0.3, 0.4) is 0 Å². The first-order chi connectivity index (χ1) is 10.1. The van der Waals surface area contributed by atoms with Crippen LogP contribution in [-0.2, 0) is 14.8 Å². The third-order valence-electron chi connectivity index (χ3n) is 4.91. The van der Waals surface area contributed by atoms with E-state index in [0.717, 1.165) is 44.6 Å². The quantitative estimate of drug-likeness (QED) is 0.791. The van der Waals surface area contributed by atoms with Crippen LogP contribution in [0.2, 0.25) is 0 Å². The molecule has 0 aromatic heterocycles. The summed E-state index contributed by atoms with van der Waals surface area (Å²) in [5.74, 6) is 1.06. The second kappa shape index (κ2) is 8.29. The number of rotatable bonds is 6. The summed E-state index contributed by atoms with van der Waals surface area (Å²) in [6, 6.07) is 0.503. The van der Waals surface area contributed by atoms with Gasteiger partial charge in [-0.25, -0.2) is 12.7 Å². The zero-order valence-corrected chi connectivity index (χ0v) is 14.8. The zero-order valence-electron chi connectivity index (χ0n) is 13.2. The molecule has 2 saturated heterocycles. The maximum Gasteiger partial charge on any atom is 0.216 e. The maximum absolute atomic E-state index is 12.5. The van der Waals surface area contributed by atoms with Gasteiger partial charge in [-0.2, -0.15) is 0 Å². The largest absolute Gasteiger partial charge is 0.377 e. The van der Waals surface area contributed by atoms with Gasteiger partial charge in [0.2, 0.25) is 10.0 Å². The number of halogens is 1. The molecular weight excluding hydrogens is 324 g/mol. The first-order valence-electron chi connectivity index (χ1n) is 8.46. The maximum atomic E-state index is 12.5. The van der Waals surface area contributed by atoms with E-state index in [1.54, 1.807) is 4.31 Å². The van der Waals surface area contributed by atoms with Crippen molar-refractivity contribution < 1.29 is 13.2 Å². The Morgan fingerprint density at radius 3 is 2.36 bits per heavy atom. The first-order valence-corrected chi connectivity index (χ1v) is 10.1. The number of hydrogen-bond donors (Lipinski definition) is 1. The highest BCUT2D eigenvalue weighted by Gasteiger charge is 2.31. The van der Waals surface area contributed by atoms with Crippen LogP contribution in [0.15, 0.2) is 0 Å². The van der Waals surface area contributed by atoms with Gasteiger partial charge in [0.1, 0.15) is 0 Å². The molecule has 3 aliphatic rings. The molecule has 1 aliphatic carbocycles. The topological polar surface area (TPSA) is 58.6 Å². The summed E-state index contributed by atoms with van der Waals surface area (Å²) in [6.45, 7) is 3.16. The molecule has 0 aromatic rings. The molecule has 1 unspecified atom stereocenters. The highest BCUT2D eigenvalue weighted by Crippen LogP contribution is 2.28. The Hall–Kier alpha value is 0.120. The van der Waals surface area contributed by atoms with Gasteiger partial charge in [0.15, 0.2) is 0 Å². The van der Waals surface area contributed by atoms with Crippen LogP contribution in [0.1, 0.15) is 44.9 Å². The van der Waals surface area contributed by atoms with Crippen LogP contribution in [0, 0.1) is 5.92 Å². The highest BCUT2D eigenvalue weighted by atomic mass is 35.5. The Morgan fingerprint density at radius 1 is 1.05 bits per heavy atom. The summed E-state index contributed by atoms with van der Waals surface area (Å²) in [6.07, 6.45) is 7.56. The molecule has 2 heterocycles. The Labute approximate surface area is 140 Å². The Bertz CT molecular complexity index is 428. The third-order valence-corrected chi connectivity index (χ3v) is 6.85. The van der Waals surface area contributed by atoms with E-state index < -0.39 is 10.0 Å². The van der Waals surface area contributed by atoms with Gasteiger partial charge in [-0.05, 0) is 57.4 Å². The fourth-order valence-corrected chi connectivity index (χ4v) is 4.98. The fourth-order valence-electron chi connectivity index (χ4n) is 3.27. The van der Waals surface area contributed by atoms with E-state index in [1.807, 2.05) is 0 Å². The minimum atomic E-state index is -3.14. The van der Waals surface area contributed by atoms with Crippen LogP contribution in [0.4, 0.5) is 0 Å². The van der Waals surface area contributed by atoms with Crippen LogP contribution in [0.5, 0.6) is 0 Å². The SMILES string of the molecule is Cl.O=S(=O)(CC1CCCCO1)N1CCC(NCC2CC2)CC1. The fraction of sp³-hybridized carbons (Fsp3) is 1.00.